The highest BCUT2D eigenvalue weighted by Crippen LogP contribution is 2.13. The first kappa shape index (κ1) is 15.0. The van der Waals surface area contributed by atoms with E-state index in [0.29, 0.717) is 23.4 Å². The second-order valence-corrected chi connectivity index (χ2v) is 5.56. The number of H-pyrrole nitrogens is 1. The molecule has 118 valence electrons. The molecule has 0 saturated carbocycles. The summed E-state index contributed by atoms with van der Waals surface area (Å²) < 4.78 is 1.27. The average molecular weight is 312 g/mol. The van der Waals surface area contributed by atoms with Gasteiger partial charge in [0.2, 0.25) is 0 Å². The van der Waals surface area contributed by atoms with Crippen molar-refractivity contribution in [3.63, 3.8) is 0 Å². The zero-order valence-electron chi connectivity index (χ0n) is 12.8. The Bertz CT molecular complexity index is 938. The molecule has 7 heteroatoms. The number of rotatable bonds is 4. The van der Waals surface area contributed by atoms with Crippen molar-refractivity contribution in [3.05, 3.63) is 62.7 Å². The smallest absolute Gasteiger partial charge is 0.308 e. The number of nitrogens with zero attached hydrogens (tertiary/aromatic N) is 3. The number of aliphatic carboxylic acids is 1. The number of hydrogen-bond donors (Lipinski definition) is 2. The molecule has 2 aromatic heterocycles. The Balaban J connectivity index is 2.04. The van der Waals surface area contributed by atoms with E-state index in [0.717, 1.165) is 11.1 Å². The molecule has 0 bridgehead atoms. The van der Waals surface area contributed by atoms with Gasteiger partial charge in [0.1, 0.15) is 5.69 Å². The molecule has 3 aromatic rings. The lowest BCUT2D eigenvalue weighted by Gasteiger charge is -2.02. The van der Waals surface area contributed by atoms with Crippen LogP contribution in [0.2, 0.25) is 0 Å². The summed E-state index contributed by atoms with van der Waals surface area (Å²) in [6, 6.07) is 7.84. The number of carboxylic acids is 1. The third-order valence-electron chi connectivity index (χ3n) is 3.75. The fourth-order valence-electron chi connectivity index (χ4n) is 2.50. The molecule has 2 heterocycles. The number of aromatic nitrogens is 4. The van der Waals surface area contributed by atoms with Crippen molar-refractivity contribution in [1.82, 2.24) is 19.8 Å². The van der Waals surface area contributed by atoms with Crippen LogP contribution in [0, 0.1) is 13.8 Å². The number of nitrogens with one attached hydrogen (secondary N) is 1. The molecule has 1 aromatic carbocycles. The van der Waals surface area contributed by atoms with E-state index in [2.05, 4.69) is 15.3 Å². The average Bonchev–Trinajstić information content (AvgIpc) is 2.81. The van der Waals surface area contributed by atoms with E-state index in [1.54, 1.807) is 6.92 Å². The summed E-state index contributed by atoms with van der Waals surface area (Å²) in [5.41, 5.74) is 3.46. The number of aryl methyl sites for hydroxylation is 2. The van der Waals surface area contributed by atoms with Crippen molar-refractivity contribution >= 4 is 11.6 Å². The van der Waals surface area contributed by atoms with Gasteiger partial charge in [0, 0.05) is 17.7 Å². The van der Waals surface area contributed by atoms with Gasteiger partial charge in [-0.1, -0.05) is 29.8 Å². The van der Waals surface area contributed by atoms with Crippen LogP contribution >= 0.6 is 0 Å². The second-order valence-electron chi connectivity index (χ2n) is 5.56. The molecule has 0 atom stereocenters. The molecule has 7 nitrogen and oxygen atoms in total. The van der Waals surface area contributed by atoms with Crippen LogP contribution in [0.3, 0.4) is 0 Å². The molecular formula is C16H16N4O3. The molecule has 0 radical (unpaired) electrons. The number of carbonyl (C=O) groups is 1. The molecule has 0 aliphatic carbocycles. The van der Waals surface area contributed by atoms with E-state index in [-0.39, 0.29) is 17.6 Å². The van der Waals surface area contributed by atoms with Crippen LogP contribution in [-0.4, -0.2) is 30.9 Å². The Morgan fingerprint density at radius 2 is 1.91 bits per heavy atom. The molecule has 2 N–H and O–H groups in total. The third kappa shape index (κ3) is 2.85. The highest BCUT2D eigenvalue weighted by Gasteiger charge is 2.17. The van der Waals surface area contributed by atoms with E-state index in [9.17, 15) is 9.59 Å². The first-order valence-electron chi connectivity index (χ1n) is 7.19. The first-order valence-corrected chi connectivity index (χ1v) is 7.19. The molecule has 0 unspecified atom stereocenters. The minimum Gasteiger partial charge on any atom is -0.481 e. The van der Waals surface area contributed by atoms with Crippen LogP contribution in [0.1, 0.15) is 28.1 Å². The number of hydrogen-bond acceptors (Lipinski definition) is 4. The largest absolute Gasteiger partial charge is 0.481 e. The maximum atomic E-state index is 12.5. The maximum absolute atomic E-state index is 12.5. The van der Waals surface area contributed by atoms with Gasteiger partial charge < -0.3 is 5.11 Å². The zero-order chi connectivity index (χ0) is 16.6. The van der Waals surface area contributed by atoms with Gasteiger partial charge >= 0.3 is 5.97 Å². The van der Waals surface area contributed by atoms with Crippen LogP contribution in [0.5, 0.6) is 0 Å². The quantitative estimate of drug-likeness (QED) is 0.755. The molecule has 3 rings (SSSR count). The third-order valence-corrected chi connectivity index (χ3v) is 3.75. The van der Waals surface area contributed by atoms with Crippen molar-refractivity contribution < 1.29 is 9.90 Å². The lowest BCUT2D eigenvalue weighted by molar-refractivity contribution is -0.136. The van der Waals surface area contributed by atoms with Crippen LogP contribution in [0.25, 0.3) is 5.65 Å². The number of benzene rings is 1. The number of aromatic amines is 1. The monoisotopic (exact) mass is 312 g/mol. The lowest BCUT2D eigenvalue weighted by atomic mass is 10.1. The standard InChI is InChI=1S/C16H16N4O3/c1-9-3-5-11(6-4-9)7-13-16(23)20-15(18-17-13)12(8-14(21)22)10(2)19-20/h3-6,19H,7-8H2,1-2H3,(H,21,22). The zero-order valence-corrected chi connectivity index (χ0v) is 12.8. The van der Waals surface area contributed by atoms with Crippen LogP contribution in [-0.2, 0) is 17.6 Å². The van der Waals surface area contributed by atoms with Crippen molar-refractivity contribution in [1.29, 1.82) is 0 Å². The Morgan fingerprint density at radius 3 is 2.57 bits per heavy atom. The fourth-order valence-corrected chi connectivity index (χ4v) is 2.50. The molecule has 0 amide bonds. The van der Waals surface area contributed by atoms with E-state index in [4.69, 9.17) is 5.11 Å². The fraction of sp³-hybridized carbons (Fsp3) is 0.250. The van der Waals surface area contributed by atoms with Crippen LogP contribution in [0.15, 0.2) is 29.1 Å². The lowest BCUT2D eigenvalue weighted by Crippen LogP contribution is -2.22. The summed E-state index contributed by atoms with van der Waals surface area (Å²) >= 11 is 0. The Morgan fingerprint density at radius 1 is 1.22 bits per heavy atom. The molecule has 0 aliphatic heterocycles. The summed E-state index contributed by atoms with van der Waals surface area (Å²) in [7, 11) is 0. The summed E-state index contributed by atoms with van der Waals surface area (Å²) in [5.74, 6) is -0.979. The summed E-state index contributed by atoms with van der Waals surface area (Å²) in [6.07, 6.45) is 0.172. The topological polar surface area (TPSA) is 100 Å². The minimum atomic E-state index is -0.979. The maximum Gasteiger partial charge on any atom is 0.308 e. The van der Waals surface area contributed by atoms with Crippen LogP contribution in [0.4, 0.5) is 0 Å². The Labute approximate surface area is 131 Å². The molecule has 0 saturated heterocycles. The van der Waals surface area contributed by atoms with Crippen LogP contribution < -0.4 is 5.56 Å². The van der Waals surface area contributed by atoms with Gasteiger partial charge in [-0.2, -0.15) is 4.52 Å². The van der Waals surface area contributed by atoms with E-state index < -0.39 is 5.97 Å². The van der Waals surface area contributed by atoms with Crippen molar-refractivity contribution in [3.8, 4) is 0 Å². The van der Waals surface area contributed by atoms with Gasteiger partial charge in [0.05, 0.1) is 6.42 Å². The predicted octanol–water partition coefficient (Wildman–Crippen LogP) is 1.25. The minimum absolute atomic E-state index is 0.204. The van der Waals surface area contributed by atoms with E-state index in [1.165, 1.54) is 4.52 Å². The van der Waals surface area contributed by atoms with Gasteiger partial charge in [-0.05, 0) is 19.4 Å². The molecular weight excluding hydrogens is 296 g/mol. The Hall–Kier alpha value is -2.96. The van der Waals surface area contributed by atoms with Gasteiger partial charge in [-0.3, -0.25) is 14.7 Å². The summed E-state index contributed by atoms with van der Waals surface area (Å²) in [4.78, 5) is 23.5. The predicted molar refractivity (Wildman–Crippen MR) is 83.7 cm³/mol. The second kappa shape index (κ2) is 5.68. The van der Waals surface area contributed by atoms with E-state index >= 15 is 0 Å². The van der Waals surface area contributed by atoms with Crippen molar-refractivity contribution in [2.24, 2.45) is 0 Å². The molecule has 0 fully saturated rings. The number of fused-ring (bicyclic) bond motifs is 1. The molecule has 0 aliphatic rings. The molecule has 23 heavy (non-hydrogen) atoms. The van der Waals surface area contributed by atoms with E-state index in [1.807, 2.05) is 31.2 Å². The molecule has 0 spiro atoms. The van der Waals surface area contributed by atoms with Crippen molar-refractivity contribution in [2.45, 2.75) is 26.7 Å². The van der Waals surface area contributed by atoms with Gasteiger partial charge in [-0.25, -0.2) is 0 Å². The van der Waals surface area contributed by atoms with Crippen molar-refractivity contribution in [2.75, 3.05) is 0 Å². The van der Waals surface area contributed by atoms with Gasteiger partial charge in [0.15, 0.2) is 5.65 Å². The summed E-state index contributed by atoms with van der Waals surface area (Å²) in [5, 5.41) is 19.9. The highest BCUT2D eigenvalue weighted by atomic mass is 16.4. The normalized spacial score (nSPS) is 11.0. The first-order chi connectivity index (χ1) is 11.0. The Kier molecular flexibility index (Phi) is 3.69. The number of carboxylic acid groups (broad SMARTS) is 1. The SMILES string of the molecule is Cc1ccc(Cc2nnc3c(CC(=O)O)c(C)[nH]n3c2=O)cc1. The van der Waals surface area contributed by atoms with Gasteiger partial charge in [0.25, 0.3) is 5.56 Å². The highest BCUT2D eigenvalue weighted by molar-refractivity contribution is 5.73. The summed E-state index contributed by atoms with van der Waals surface area (Å²) in [6.45, 7) is 3.71. The van der Waals surface area contributed by atoms with Gasteiger partial charge in [-0.15, -0.1) is 10.2 Å².